The molecule has 0 aliphatic heterocycles. The first-order chi connectivity index (χ1) is 5.49. The summed E-state index contributed by atoms with van der Waals surface area (Å²) in [6, 6.07) is -0.530. The number of nitrogens with two attached hydrogens (primary N) is 1. The number of esters is 1. The van der Waals surface area contributed by atoms with Gasteiger partial charge >= 0.3 is 5.97 Å². The summed E-state index contributed by atoms with van der Waals surface area (Å²) in [7, 11) is 1.23. The molecule has 72 valence electrons. The Labute approximate surface area is 72.7 Å². The van der Waals surface area contributed by atoms with Gasteiger partial charge in [-0.1, -0.05) is 13.8 Å². The Bertz CT molecular complexity index is 147. The van der Waals surface area contributed by atoms with Gasteiger partial charge in [-0.25, -0.2) is 4.79 Å². The van der Waals surface area contributed by atoms with Crippen molar-refractivity contribution in [1.29, 1.82) is 0 Å². The predicted molar refractivity (Wildman–Crippen MR) is 45.5 cm³/mol. The monoisotopic (exact) mass is 175 g/mol. The molecule has 0 rings (SSSR count). The quantitative estimate of drug-likeness (QED) is 0.585. The molecule has 0 aliphatic rings. The number of aliphatic hydroxyl groups is 1. The average Bonchev–Trinajstić information content (AvgIpc) is 2.00. The van der Waals surface area contributed by atoms with E-state index in [0.717, 1.165) is 0 Å². The van der Waals surface area contributed by atoms with Crippen LogP contribution in [-0.2, 0) is 9.53 Å². The van der Waals surface area contributed by atoms with Gasteiger partial charge in [0.1, 0.15) is 0 Å². The van der Waals surface area contributed by atoms with Gasteiger partial charge in [0.15, 0.2) is 6.10 Å². The van der Waals surface area contributed by atoms with Gasteiger partial charge in [0.25, 0.3) is 0 Å². The van der Waals surface area contributed by atoms with Crippen LogP contribution in [0.2, 0.25) is 0 Å². The van der Waals surface area contributed by atoms with Gasteiger partial charge in [0, 0.05) is 6.04 Å². The fraction of sp³-hybridized carbons (Fsp3) is 0.875. The van der Waals surface area contributed by atoms with Crippen LogP contribution in [0.5, 0.6) is 0 Å². The van der Waals surface area contributed by atoms with Crippen LogP contribution in [0, 0.1) is 5.92 Å². The summed E-state index contributed by atoms with van der Waals surface area (Å²) in [5, 5.41) is 9.24. The van der Waals surface area contributed by atoms with Crippen molar-refractivity contribution in [3.63, 3.8) is 0 Å². The molecule has 4 heteroatoms. The number of carbonyl (C=O) groups is 1. The maximum absolute atomic E-state index is 10.8. The van der Waals surface area contributed by atoms with Crippen LogP contribution >= 0.6 is 0 Å². The van der Waals surface area contributed by atoms with Crippen molar-refractivity contribution < 1.29 is 14.6 Å². The van der Waals surface area contributed by atoms with E-state index < -0.39 is 18.1 Å². The summed E-state index contributed by atoms with van der Waals surface area (Å²) < 4.78 is 4.35. The van der Waals surface area contributed by atoms with Gasteiger partial charge in [-0.05, 0) is 12.3 Å². The van der Waals surface area contributed by atoms with Crippen LogP contribution < -0.4 is 5.73 Å². The summed E-state index contributed by atoms with van der Waals surface area (Å²) in [6.07, 6.45) is -0.589. The molecule has 12 heavy (non-hydrogen) atoms. The highest BCUT2D eigenvalue weighted by molar-refractivity contribution is 5.75. The van der Waals surface area contributed by atoms with Gasteiger partial charge in [-0.3, -0.25) is 0 Å². The molecular weight excluding hydrogens is 158 g/mol. The number of aliphatic hydroxyl groups excluding tert-OH is 1. The fourth-order valence-corrected chi connectivity index (χ4v) is 0.969. The first-order valence-electron chi connectivity index (χ1n) is 4.00. The molecule has 0 unspecified atom stereocenters. The second-order valence-electron chi connectivity index (χ2n) is 3.26. The number of hydrogen-bond donors (Lipinski definition) is 2. The van der Waals surface area contributed by atoms with E-state index in [0.29, 0.717) is 12.3 Å². The standard InChI is InChI=1S/C8H17NO3/c1-5(2)4-6(9)7(10)8(11)12-3/h5-7,10H,4,9H2,1-3H3/t6-,7-/m0/s1. The summed E-state index contributed by atoms with van der Waals surface area (Å²) >= 11 is 0. The lowest BCUT2D eigenvalue weighted by Crippen LogP contribution is -2.41. The van der Waals surface area contributed by atoms with E-state index in [9.17, 15) is 9.90 Å². The van der Waals surface area contributed by atoms with Crippen LogP contribution in [0.4, 0.5) is 0 Å². The minimum atomic E-state index is -1.20. The van der Waals surface area contributed by atoms with Crippen molar-refractivity contribution in [1.82, 2.24) is 0 Å². The van der Waals surface area contributed by atoms with E-state index in [1.165, 1.54) is 7.11 Å². The lowest BCUT2D eigenvalue weighted by molar-refractivity contribution is -0.151. The van der Waals surface area contributed by atoms with Gasteiger partial charge in [-0.2, -0.15) is 0 Å². The lowest BCUT2D eigenvalue weighted by Gasteiger charge is -2.17. The second kappa shape index (κ2) is 5.11. The highest BCUT2D eigenvalue weighted by Gasteiger charge is 2.23. The van der Waals surface area contributed by atoms with Crippen LogP contribution in [0.1, 0.15) is 20.3 Å². The van der Waals surface area contributed by atoms with E-state index in [1.807, 2.05) is 13.8 Å². The van der Waals surface area contributed by atoms with Crippen molar-refractivity contribution in [3.8, 4) is 0 Å². The summed E-state index contributed by atoms with van der Waals surface area (Å²) in [5.74, 6) is -0.303. The molecule has 0 aromatic heterocycles. The molecule has 0 bridgehead atoms. The molecule has 0 aromatic rings. The Kier molecular flexibility index (Phi) is 4.85. The van der Waals surface area contributed by atoms with E-state index in [-0.39, 0.29) is 0 Å². The zero-order chi connectivity index (χ0) is 9.72. The molecule has 3 N–H and O–H groups in total. The fourth-order valence-electron chi connectivity index (χ4n) is 0.969. The SMILES string of the molecule is COC(=O)[C@@H](O)[C@@H](N)CC(C)C. The van der Waals surface area contributed by atoms with Gasteiger partial charge in [-0.15, -0.1) is 0 Å². The first kappa shape index (κ1) is 11.4. The van der Waals surface area contributed by atoms with Crippen molar-refractivity contribution in [2.45, 2.75) is 32.4 Å². The number of carbonyl (C=O) groups excluding carboxylic acids is 1. The van der Waals surface area contributed by atoms with Crippen molar-refractivity contribution in [2.24, 2.45) is 11.7 Å². The molecule has 0 saturated heterocycles. The van der Waals surface area contributed by atoms with E-state index in [4.69, 9.17) is 5.73 Å². The summed E-state index contributed by atoms with van der Waals surface area (Å²) in [4.78, 5) is 10.8. The van der Waals surface area contributed by atoms with Crippen LogP contribution in [-0.4, -0.2) is 30.3 Å². The molecule has 0 fully saturated rings. The van der Waals surface area contributed by atoms with E-state index in [2.05, 4.69) is 4.74 Å². The third-order valence-electron chi connectivity index (χ3n) is 1.59. The van der Waals surface area contributed by atoms with Crippen LogP contribution in [0.15, 0.2) is 0 Å². The maximum atomic E-state index is 10.8. The van der Waals surface area contributed by atoms with Gasteiger partial charge in [0.05, 0.1) is 7.11 Å². The van der Waals surface area contributed by atoms with E-state index in [1.54, 1.807) is 0 Å². The molecule has 0 aliphatic carbocycles. The molecular formula is C8H17NO3. The predicted octanol–water partition coefficient (Wildman–Crippen LogP) is -0.106. The van der Waals surface area contributed by atoms with E-state index >= 15 is 0 Å². The van der Waals surface area contributed by atoms with Crippen molar-refractivity contribution in [2.75, 3.05) is 7.11 Å². The number of rotatable bonds is 4. The molecule has 2 atom stereocenters. The summed E-state index contributed by atoms with van der Waals surface area (Å²) in [6.45, 7) is 3.95. The molecule has 0 heterocycles. The molecule has 0 radical (unpaired) electrons. The Hall–Kier alpha value is -0.610. The Morgan fingerprint density at radius 3 is 2.42 bits per heavy atom. The number of ether oxygens (including phenoxy) is 1. The third-order valence-corrected chi connectivity index (χ3v) is 1.59. The second-order valence-corrected chi connectivity index (χ2v) is 3.26. The van der Waals surface area contributed by atoms with Gasteiger partial charge < -0.3 is 15.6 Å². The van der Waals surface area contributed by atoms with Crippen molar-refractivity contribution >= 4 is 5.97 Å². The Balaban J connectivity index is 3.91. The number of methoxy groups -OCH3 is 1. The smallest absolute Gasteiger partial charge is 0.336 e. The molecule has 0 saturated carbocycles. The normalized spacial score (nSPS) is 15.8. The minimum absolute atomic E-state index is 0.360. The van der Waals surface area contributed by atoms with Crippen LogP contribution in [0.3, 0.4) is 0 Å². The molecule has 0 amide bonds. The Morgan fingerprint density at radius 1 is 1.58 bits per heavy atom. The zero-order valence-electron chi connectivity index (χ0n) is 7.78. The van der Waals surface area contributed by atoms with Gasteiger partial charge in [0.2, 0.25) is 0 Å². The molecule has 0 aromatic carbocycles. The Morgan fingerprint density at radius 2 is 2.08 bits per heavy atom. The lowest BCUT2D eigenvalue weighted by atomic mass is 10.0. The topological polar surface area (TPSA) is 72.5 Å². The minimum Gasteiger partial charge on any atom is -0.467 e. The van der Waals surface area contributed by atoms with Crippen LogP contribution in [0.25, 0.3) is 0 Å². The highest BCUT2D eigenvalue weighted by atomic mass is 16.5. The molecule has 4 nitrogen and oxygen atoms in total. The first-order valence-corrected chi connectivity index (χ1v) is 4.00. The molecule has 0 spiro atoms. The maximum Gasteiger partial charge on any atom is 0.336 e. The highest BCUT2D eigenvalue weighted by Crippen LogP contribution is 2.06. The van der Waals surface area contributed by atoms with Crippen molar-refractivity contribution in [3.05, 3.63) is 0 Å². The summed E-state index contributed by atoms with van der Waals surface area (Å²) in [5.41, 5.74) is 5.54. The zero-order valence-corrected chi connectivity index (χ0v) is 7.78. The average molecular weight is 175 g/mol. The number of hydrogen-bond acceptors (Lipinski definition) is 4. The largest absolute Gasteiger partial charge is 0.467 e. The third kappa shape index (κ3) is 3.69.